The van der Waals surface area contributed by atoms with Gasteiger partial charge in [0.1, 0.15) is 11.4 Å². The number of hydrogen-bond acceptors (Lipinski definition) is 7. The maximum absolute atomic E-state index is 13.6. The van der Waals surface area contributed by atoms with Gasteiger partial charge in [-0.25, -0.2) is 18.1 Å². The van der Waals surface area contributed by atoms with Crippen LogP contribution in [0.3, 0.4) is 0 Å². The van der Waals surface area contributed by atoms with E-state index in [1.807, 2.05) is 6.92 Å². The minimum Gasteiger partial charge on any atom is -0.339 e. The van der Waals surface area contributed by atoms with E-state index < -0.39 is 28.4 Å². The van der Waals surface area contributed by atoms with Crippen LogP contribution in [0, 0.1) is 6.92 Å². The number of H-pyrrole nitrogens is 1. The number of aromatic amines is 1. The van der Waals surface area contributed by atoms with Crippen molar-refractivity contribution in [2.45, 2.75) is 19.6 Å². The highest BCUT2D eigenvalue weighted by atomic mass is 32.2. The third-order valence-corrected chi connectivity index (χ3v) is 5.19. The van der Waals surface area contributed by atoms with Crippen LogP contribution in [-0.4, -0.2) is 28.6 Å². The zero-order valence-electron chi connectivity index (χ0n) is 17.1. The minimum atomic E-state index is -4.71. The summed E-state index contributed by atoms with van der Waals surface area (Å²) < 4.78 is 64.8. The molecule has 0 aliphatic heterocycles. The number of aromatic nitrogens is 4. The smallest absolute Gasteiger partial charge is 0.339 e. The van der Waals surface area contributed by atoms with Gasteiger partial charge in [-0.3, -0.25) is 5.10 Å². The van der Waals surface area contributed by atoms with E-state index in [0.29, 0.717) is 17.4 Å². The van der Waals surface area contributed by atoms with Crippen molar-refractivity contribution < 1.29 is 21.6 Å². The number of para-hydroxylation sites is 1. The van der Waals surface area contributed by atoms with E-state index in [1.54, 1.807) is 36.4 Å². The van der Waals surface area contributed by atoms with Crippen LogP contribution in [0.2, 0.25) is 0 Å². The second-order valence-corrected chi connectivity index (χ2v) is 7.85. The molecule has 0 bridgehead atoms. The van der Waals surface area contributed by atoms with E-state index in [2.05, 4.69) is 35.5 Å². The van der Waals surface area contributed by atoms with Gasteiger partial charge < -0.3 is 10.6 Å². The van der Waals surface area contributed by atoms with Gasteiger partial charge in [-0.15, -0.1) is 0 Å². The lowest BCUT2D eigenvalue weighted by atomic mass is 10.1. The van der Waals surface area contributed by atoms with Crippen molar-refractivity contribution in [1.29, 1.82) is 0 Å². The summed E-state index contributed by atoms with van der Waals surface area (Å²) in [5, 5.41) is 13.4. The molecule has 4 rings (SSSR count). The Labute approximate surface area is 187 Å². The highest BCUT2D eigenvalue weighted by Gasteiger charge is 2.35. The van der Waals surface area contributed by atoms with Crippen LogP contribution in [0.15, 0.2) is 48.7 Å². The van der Waals surface area contributed by atoms with Gasteiger partial charge in [-0.1, -0.05) is 18.2 Å². The van der Waals surface area contributed by atoms with Gasteiger partial charge in [0.2, 0.25) is 16.8 Å². The van der Waals surface area contributed by atoms with Crippen LogP contribution in [0.1, 0.15) is 16.8 Å². The van der Waals surface area contributed by atoms with Crippen LogP contribution >= 0.6 is 0 Å². The molecule has 2 aromatic heterocycles. The van der Waals surface area contributed by atoms with Crippen molar-refractivity contribution in [3.05, 3.63) is 65.5 Å². The lowest BCUT2D eigenvalue weighted by molar-refractivity contribution is -0.137. The first kappa shape index (κ1) is 22.5. The first-order valence-electron chi connectivity index (χ1n) is 9.59. The number of hydrogen-bond donors (Lipinski definition) is 5. The van der Waals surface area contributed by atoms with Crippen LogP contribution < -0.4 is 15.4 Å². The predicted molar refractivity (Wildman–Crippen MR) is 118 cm³/mol. The topological polar surface area (TPSA) is 125 Å². The Kier molecular flexibility index (Phi) is 6.16. The van der Waals surface area contributed by atoms with Gasteiger partial charge >= 0.3 is 6.18 Å². The van der Waals surface area contributed by atoms with E-state index in [9.17, 15) is 21.6 Å². The molecule has 2 aromatic carbocycles. The summed E-state index contributed by atoms with van der Waals surface area (Å²) in [6.07, 6.45) is -4.02. The zero-order valence-corrected chi connectivity index (χ0v) is 18.0. The van der Waals surface area contributed by atoms with E-state index in [-0.39, 0.29) is 18.2 Å². The quantitative estimate of drug-likeness (QED) is 0.257. The standard InChI is InChI=1S/C20H18F3N7O2S/c1-11-14-8-13(6-7-17(14)30-29-11)26-19-24-10-15(20(21,22)23)18(28-19)27-16-5-3-2-4-12(16)9-25-33(31)32/h2-8,10,33H,9H2,1H3,(H,29,30)(H,25,31,32)(H2,24,26,27,28). The number of nitrogens with one attached hydrogen (secondary N) is 4. The minimum absolute atomic E-state index is 0.0516. The number of aryl methyl sites for hydroxylation is 1. The molecule has 0 saturated carbocycles. The number of rotatable bonds is 7. The number of nitrogens with zero attached hydrogens (tertiary/aromatic N) is 3. The molecule has 0 aliphatic rings. The fraction of sp³-hybridized carbons (Fsp3) is 0.150. The maximum Gasteiger partial charge on any atom is 0.421 e. The van der Waals surface area contributed by atoms with Gasteiger partial charge in [0.05, 0.1) is 11.2 Å². The number of anilines is 4. The molecule has 0 fully saturated rings. The number of fused-ring (bicyclic) bond motifs is 1. The molecule has 0 amide bonds. The average molecular weight is 477 g/mol. The normalized spacial score (nSPS) is 11.8. The zero-order chi connectivity index (χ0) is 23.6. The SMILES string of the molecule is Cc1n[nH]c2ccc(Nc3ncc(C(F)(F)F)c(Nc4ccccc4CN[SH](=O)=O)n3)cc12. The molecule has 172 valence electrons. The lowest BCUT2D eigenvalue weighted by Crippen LogP contribution is -2.15. The Bertz CT molecular complexity index is 1380. The summed E-state index contributed by atoms with van der Waals surface area (Å²) >= 11 is 0. The van der Waals surface area contributed by atoms with E-state index >= 15 is 0 Å². The van der Waals surface area contributed by atoms with Crippen molar-refractivity contribution in [3.63, 3.8) is 0 Å². The first-order valence-corrected chi connectivity index (χ1v) is 10.8. The average Bonchev–Trinajstić information content (AvgIpc) is 3.12. The van der Waals surface area contributed by atoms with Crippen molar-refractivity contribution >= 4 is 44.9 Å². The fourth-order valence-electron chi connectivity index (χ4n) is 3.17. The Morgan fingerprint density at radius 2 is 1.88 bits per heavy atom. The van der Waals surface area contributed by atoms with Crippen molar-refractivity contribution in [2.24, 2.45) is 0 Å². The van der Waals surface area contributed by atoms with Gasteiger partial charge in [-0.05, 0) is 36.8 Å². The molecule has 0 unspecified atom stereocenters. The van der Waals surface area contributed by atoms with Gasteiger partial charge in [0.25, 0.3) is 0 Å². The summed E-state index contributed by atoms with van der Waals surface area (Å²) in [5.74, 6) is -0.524. The molecule has 0 spiro atoms. The number of benzene rings is 2. The maximum atomic E-state index is 13.6. The first-order chi connectivity index (χ1) is 15.7. The number of thiol groups is 1. The third kappa shape index (κ3) is 5.21. The van der Waals surface area contributed by atoms with Crippen LogP contribution in [0.4, 0.5) is 36.3 Å². The Balaban J connectivity index is 1.68. The van der Waals surface area contributed by atoms with Gasteiger partial charge in [0, 0.05) is 29.5 Å². The third-order valence-electron chi connectivity index (χ3n) is 4.77. The molecule has 0 aliphatic carbocycles. The van der Waals surface area contributed by atoms with E-state index in [4.69, 9.17) is 0 Å². The molecule has 0 radical (unpaired) electrons. The highest BCUT2D eigenvalue weighted by molar-refractivity contribution is 7.70. The predicted octanol–water partition coefficient (Wildman–Crippen LogP) is 3.78. The van der Waals surface area contributed by atoms with Gasteiger partial charge in [-0.2, -0.15) is 23.3 Å². The molecule has 2 heterocycles. The summed E-state index contributed by atoms with van der Waals surface area (Å²) in [4.78, 5) is 7.86. The van der Waals surface area contributed by atoms with Crippen molar-refractivity contribution in [1.82, 2.24) is 24.9 Å². The lowest BCUT2D eigenvalue weighted by Gasteiger charge is -2.16. The van der Waals surface area contributed by atoms with Crippen LogP contribution in [-0.2, 0) is 23.6 Å². The van der Waals surface area contributed by atoms with E-state index in [0.717, 1.165) is 16.6 Å². The highest BCUT2D eigenvalue weighted by Crippen LogP contribution is 2.36. The van der Waals surface area contributed by atoms with E-state index in [1.165, 1.54) is 6.07 Å². The summed E-state index contributed by atoms with van der Waals surface area (Å²) in [5.41, 5.74) is 1.81. The molecular formula is C20H18F3N7O2S. The molecule has 4 N–H and O–H groups in total. The monoisotopic (exact) mass is 477 g/mol. The Morgan fingerprint density at radius 1 is 1.09 bits per heavy atom. The molecular weight excluding hydrogens is 459 g/mol. The molecule has 13 heteroatoms. The molecule has 0 atom stereocenters. The molecule has 33 heavy (non-hydrogen) atoms. The Morgan fingerprint density at radius 3 is 2.64 bits per heavy atom. The summed E-state index contributed by atoms with van der Waals surface area (Å²) in [6, 6.07) is 11.7. The molecule has 9 nitrogen and oxygen atoms in total. The number of alkyl halides is 3. The summed E-state index contributed by atoms with van der Waals surface area (Å²) in [7, 11) is -2.87. The molecule has 4 aromatic rings. The summed E-state index contributed by atoms with van der Waals surface area (Å²) in [6.45, 7) is 1.73. The Hall–Kier alpha value is -3.71. The van der Waals surface area contributed by atoms with Crippen molar-refractivity contribution in [3.8, 4) is 0 Å². The second kappa shape index (κ2) is 9.03. The van der Waals surface area contributed by atoms with Crippen LogP contribution in [0.25, 0.3) is 10.9 Å². The number of halogens is 3. The second-order valence-electron chi connectivity index (χ2n) is 7.02. The fourth-order valence-corrected chi connectivity index (χ4v) is 3.47. The molecule has 0 saturated heterocycles. The van der Waals surface area contributed by atoms with Gasteiger partial charge in [0.15, 0.2) is 0 Å². The van der Waals surface area contributed by atoms with Crippen LogP contribution in [0.5, 0.6) is 0 Å². The largest absolute Gasteiger partial charge is 0.421 e. The van der Waals surface area contributed by atoms with Crippen molar-refractivity contribution in [2.75, 3.05) is 10.6 Å².